The summed E-state index contributed by atoms with van der Waals surface area (Å²) in [5.41, 5.74) is 1.83. The van der Waals surface area contributed by atoms with E-state index in [0.717, 1.165) is 17.1 Å². The zero-order valence-corrected chi connectivity index (χ0v) is 9.84. The molecule has 1 aromatic rings. The van der Waals surface area contributed by atoms with Crippen molar-refractivity contribution in [3.63, 3.8) is 0 Å². The van der Waals surface area contributed by atoms with Crippen LogP contribution in [0.25, 0.3) is 0 Å². The number of benzene rings is 1. The Hall–Kier alpha value is -1.42. The van der Waals surface area contributed by atoms with Crippen LogP contribution in [0.15, 0.2) is 40.9 Å². The predicted molar refractivity (Wildman–Crippen MR) is 66.2 cm³/mol. The Bertz CT molecular complexity index is 414. The summed E-state index contributed by atoms with van der Waals surface area (Å²) < 4.78 is 4.99. The van der Waals surface area contributed by atoms with Gasteiger partial charge in [0.1, 0.15) is 11.5 Å². The maximum atomic E-state index is 11.5. The number of cyclic esters (lactones) is 1. The van der Waals surface area contributed by atoms with E-state index in [4.69, 9.17) is 4.74 Å². The van der Waals surface area contributed by atoms with Crippen molar-refractivity contribution in [2.45, 2.75) is 6.92 Å². The monoisotopic (exact) mass is 235 g/mol. The molecule has 3 nitrogen and oxygen atoms in total. The predicted octanol–water partition coefficient (Wildman–Crippen LogP) is 2.62. The Morgan fingerprint density at radius 2 is 2.12 bits per heavy atom. The summed E-state index contributed by atoms with van der Waals surface area (Å²) in [6.07, 6.45) is 0. The molecule has 1 aromatic carbocycles. The fourth-order valence-corrected chi connectivity index (χ4v) is 2.27. The maximum Gasteiger partial charge on any atom is 0.346 e. The Morgan fingerprint density at radius 1 is 1.38 bits per heavy atom. The molecule has 0 radical (unpaired) electrons. The number of thioether (sulfide) groups is 1. The number of anilines is 1. The van der Waals surface area contributed by atoms with E-state index in [-0.39, 0.29) is 5.97 Å². The van der Waals surface area contributed by atoms with Gasteiger partial charge in [-0.2, -0.15) is 0 Å². The van der Waals surface area contributed by atoms with Crippen LogP contribution in [-0.2, 0) is 9.53 Å². The van der Waals surface area contributed by atoms with Crippen LogP contribution in [0.3, 0.4) is 0 Å². The lowest BCUT2D eigenvalue weighted by Crippen LogP contribution is -2.17. The number of allylic oxidation sites excluding steroid dienone is 1. The van der Waals surface area contributed by atoms with E-state index in [1.807, 2.05) is 37.3 Å². The smallest absolute Gasteiger partial charge is 0.346 e. The number of rotatable bonds is 2. The van der Waals surface area contributed by atoms with Crippen LogP contribution in [0.4, 0.5) is 5.69 Å². The molecule has 1 heterocycles. The van der Waals surface area contributed by atoms with E-state index in [1.165, 1.54) is 0 Å². The van der Waals surface area contributed by atoms with E-state index < -0.39 is 0 Å². The number of para-hydroxylation sites is 1. The first kappa shape index (κ1) is 11.1. The van der Waals surface area contributed by atoms with E-state index in [1.54, 1.807) is 11.8 Å². The molecule has 1 aliphatic heterocycles. The highest BCUT2D eigenvalue weighted by molar-refractivity contribution is 8.04. The summed E-state index contributed by atoms with van der Waals surface area (Å²) >= 11 is 1.54. The Labute approximate surface area is 98.9 Å². The van der Waals surface area contributed by atoms with Gasteiger partial charge >= 0.3 is 5.97 Å². The van der Waals surface area contributed by atoms with E-state index in [9.17, 15) is 4.79 Å². The first-order valence-electron chi connectivity index (χ1n) is 5.10. The standard InChI is InChI=1S/C12H13NO2S/c1-9(11-12(14)15-7-8-16-11)13-10-5-3-2-4-6-10/h2-6,13H,7-8H2,1H3/b11-9+. The van der Waals surface area contributed by atoms with Crippen LogP contribution in [-0.4, -0.2) is 18.3 Å². The van der Waals surface area contributed by atoms with Crippen LogP contribution < -0.4 is 5.32 Å². The van der Waals surface area contributed by atoms with Gasteiger partial charge in [-0.3, -0.25) is 0 Å². The summed E-state index contributed by atoms with van der Waals surface area (Å²) in [4.78, 5) is 12.2. The van der Waals surface area contributed by atoms with Crippen molar-refractivity contribution in [2.75, 3.05) is 17.7 Å². The Kier molecular flexibility index (Phi) is 3.51. The van der Waals surface area contributed by atoms with Gasteiger partial charge in [-0.05, 0) is 19.1 Å². The number of esters is 1. The average molecular weight is 235 g/mol. The minimum atomic E-state index is -0.225. The SMILES string of the molecule is C/C(Nc1ccccc1)=C1\SCCOC1=O. The normalized spacial score (nSPS) is 18.9. The van der Waals surface area contributed by atoms with Crippen molar-refractivity contribution in [2.24, 2.45) is 0 Å². The molecule has 0 atom stereocenters. The lowest BCUT2D eigenvalue weighted by molar-refractivity contribution is -0.138. The molecule has 84 valence electrons. The number of ether oxygens (including phenoxy) is 1. The van der Waals surface area contributed by atoms with Crippen LogP contribution in [0.5, 0.6) is 0 Å². The van der Waals surface area contributed by atoms with Crippen molar-refractivity contribution in [1.82, 2.24) is 0 Å². The second-order valence-corrected chi connectivity index (χ2v) is 4.53. The highest BCUT2D eigenvalue weighted by Crippen LogP contribution is 2.25. The molecule has 4 heteroatoms. The van der Waals surface area contributed by atoms with Gasteiger partial charge in [0.25, 0.3) is 0 Å². The second kappa shape index (κ2) is 5.07. The highest BCUT2D eigenvalue weighted by Gasteiger charge is 2.19. The molecule has 1 aliphatic rings. The van der Waals surface area contributed by atoms with E-state index in [0.29, 0.717) is 11.5 Å². The third-order valence-corrected chi connectivity index (χ3v) is 3.33. The van der Waals surface area contributed by atoms with Crippen molar-refractivity contribution < 1.29 is 9.53 Å². The Morgan fingerprint density at radius 3 is 2.81 bits per heavy atom. The molecule has 0 amide bonds. The molecule has 0 aliphatic carbocycles. The number of carbonyl (C=O) groups excluding carboxylic acids is 1. The van der Waals surface area contributed by atoms with Gasteiger partial charge in [-0.15, -0.1) is 11.8 Å². The van der Waals surface area contributed by atoms with Crippen molar-refractivity contribution in [3.8, 4) is 0 Å². The summed E-state index contributed by atoms with van der Waals surface area (Å²) in [5.74, 6) is 0.603. The highest BCUT2D eigenvalue weighted by atomic mass is 32.2. The van der Waals surface area contributed by atoms with Gasteiger partial charge in [-0.25, -0.2) is 4.79 Å². The van der Waals surface area contributed by atoms with Gasteiger partial charge in [0.15, 0.2) is 0 Å². The fraction of sp³-hybridized carbons (Fsp3) is 0.250. The van der Waals surface area contributed by atoms with Gasteiger partial charge < -0.3 is 10.1 Å². The molecule has 0 aromatic heterocycles. The summed E-state index contributed by atoms with van der Waals surface area (Å²) in [7, 11) is 0. The molecule has 0 bridgehead atoms. The van der Waals surface area contributed by atoms with Crippen LogP contribution in [0, 0.1) is 0 Å². The molecule has 0 spiro atoms. The minimum absolute atomic E-state index is 0.225. The molecular formula is C12H13NO2S. The summed E-state index contributed by atoms with van der Waals surface area (Å²) in [6, 6.07) is 9.78. The van der Waals surface area contributed by atoms with Gasteiger partial charge in [0.05, 0.1) is 0 Å². The van der Waals surface area contributed by atoms with Crippen LogP contribution in [0.2, 0.25) is 0 Å². The van der Waals surface area contributed by atoms with Crippen molar-refractivity contribution in [1.29, 1.82) is 0 Å². The first-order chi connectivity index (χ1) is 7.77. The third-order valence-electron chi connectivity index (χ3n) is 2.19. The number of nitrogens with one attached hydrogen (secondary N) is 1. The van der Waals surface area contributed by atoms with Gasteiger partial charge in [0.2, 0.25) is 0 Å². The molecule has 1 saturated heterocycles. The topological polar surface area (TPSA) is 38.3 Å². The number of hydrogen-bond donors (Lipinski definition) is 1. The van der Waals surface area contributed by atoms with E-state index in [2.05, 4.69) is 5.32 Å². The van der Waals surface area contributed by atoms with Crippen molar-refractivity contribution in [3.05, 3.63) is 40.9 Å². The fourth-order valence-electron chi connectivity index (χ4n) is 1.46. The molecule has 2 rings (SSSR count). The lowest BCUT2D eigenvalue weighted by atomic mass is 10.3. The summed E-state index contributed by atoms with van der Waals surface area (Å²) in [6.45, 7) is 2.40. The molecule has 1 N–H and O–H groups in total. The molecule has 0 unspecified atom stereocenters. The molecule has 16 heavy (non-hydrogen) atoms. The Balaban J connectivity index is 2.14. The number of carbonyl (C=O) groups is 1. The zero-order valence-electron chi connectivity index (χ0n) is 9.03. The minimum Gasteiger partial charge on any atom is -0.461 e. The van der Waals surface area contributed by atoms with Gasteiger partial charge in [0, 0.05) is 17.1 Å². The van der Waals surface area contributed by atoms with E-state index >= 15 is 0 Å². The third kappa shape index (κ3) is 2.58. The molecular weight excluding hydrogens is 222 g/mol. The largest absolute Gasteiger partial charge is 0.461 e. The van der Waals surface area contributed by atoms with Crippen LogP contribution >= 0.6 is 11.8 Å². The first-order valence-corrected chi connectivity index (χ1v) is 6.09. The van der Waals surface area contributed by atoms with Crippen LogP contribution in [0.1, 0.15) is 6.92 Å². The second-order valence-electron chi connectivity index (χ2n) is 3.43. The maximum absolute atomic E-state index is 11.5. The van der Waals surface area contributed by atoms with Crippen molar-refractivity contribution >= 4 is 23.4 Å². The average Bonchev–Trinajstić information content (AvgIpc) is 2.31. The molecule has 0 saturated carbocycles. The summed E-state index contributed by atoms with van der Waals surface area (Å²) in [5, 5.41) is 3.20. The van der Waals surface area contributed by atoms with Gasteiger partial charge in [-0.1, -0.05) is 18.2 Å². The molecule has 1 fully saturated rings. The zero-order chi connectivity index (χ0) is 11.4. The quantitative estimate of drug-likeness (QED) is 0.631. The lowest BCUT2D eigenvalue weighted by Gasteiger charge is -2.17. The number of hydrogen-bond acceptors (Lipinski definition) is 4.